The molecule has 0 atom stereocenters. The predicted octanol–water partition coefficient (Wildman–Crippen LogP) is 3.37. The van der Waals surface area contributed by atoms with Crippen molar-refractivity contribution < 1.29 is 9.50 Å². The van der Waals surface area contributed by atoms with E-state index < -0.39 is 5.82 Å². The molecule has 124 valence electrons. The lowest BCUT2D eigenvalue weighted by Crippen LogP contribution is -2.25. The summed E-state index contributed by atoms with van der Waals surface area (Å²) in [4.78, 5) is 16.3. The van der Waals surface area contributed by atoms with Gasteiger partial charge in [0.2, 0.25) is 5.88 Å². The zero-order valence-corrected chi connectivity index (χ0v) is 13.7. The van der Waals surface area contributed by atoms with E-state index in [1.54, 1.807) is 4.57 Å². The second-order valence-electron chi connectivity index (χ2n) is 5.75. The minimum atomic E-state index is -0.406. The van der Waals surface area contributed by atoms with E-state index in [-0.39, 0.29) is 23.2 Å². The number of rotatable bonds is 4. The summed E-state index contributed by atoms with van der Waals surface area (Å²) < 4.78 is 15.5. The van der Waals surface area contributed by atoms with Crippen LogP contribution in [0.1, 0.15) is 42.9 Å². The lowest BCUT2D eigenvalue weighted by atomic mass is 10.1. The van der Waals surface area contributed by atoms with Gasteiger partial charge < -0.3 is 5.11 Å². The number of hydrogen-bond donors (Lipinski definition) is 1. The van der Waals surface area contributed by atoms with Crippen LogP contribution in [0.15, 0.2) is 34.2 Å². The van der Waals surface area contributed by atoms with Gasteiger partial charge in [-0.1, -0.05) is 24.6 Å². The lowest BCUT2D eigenvalue weighted by Gasteiger charge is -2.17. The van der Waals surface area contributed by atoms with Crippen LogP contribution in [0.4, 0.5) is 4.39 Å². The Hall–Kier alpha value is -2.33. The average Bonchev–Trinajstić information content (AvgIpc) is 3.07. The molecule has 1 aliphatic rings. The number of aromatic hydroxyl groups is 1. The van der Waals surface area contributed by atoms with Gasteiger partial charge in [0.25, 0.3) is 5.56 Å². The molecule has 1 N–H and O–H groups in total. The molecule has 0 bridgehead atoms. The van der Waals surface area contributed by atoms with Gasteiger partial charge >= 0.3 is 0 Å². The molecule has 1 fully saturated rings. The fraction of sp³-hybridized carbons (Fsp3) is 0.353. The SMILES string of the molecule is N#Cc1ccc(F)c(CSc2nc(O)cc(=O)n2C2CCCC2)c1. The normalized spacial score (nSPS) is 14.7. The van der Waals surface area contributed by atoms with Crippen LogP contribution in [0.5, 0.6) is 5.88 Å². The van der Waals surface area contributed by atoms with Crippen molar-refractivity contribution in [3.8, 4) is 11.9 Å². The highest BCUT2D eigenvalue weighted by atomic mass is 32.2. The van der Waals surface area contributed by atoms with Gasteiger partial charge in [0, 0.05) is 11.8 Å². The van der Waals surface area contributed by atoms with Crippen molar-refractivity contribution in [1.29, 1.82) is 5.26 Å². The molecule has 5 nitrogen and oxygen atoms in total. The van der Waals surface area contributed by atoms with Gasteiger partial charge in [0.05, 0.1) is 17.7 Å². The van der Waals surface area contributed by atoms with Gasteiger partial charge in [-0.25, -0.2) is 4.39 Å². The Morgan fingerprint density at radius 3 is 2.83 bits per heavy atom. The van der Waals surface area contributed by atoms with Crippen LogP contribution in [-0.4, -0.2) is 14.7 Å². The Kier molecular flexibility index (Phi) is 4.86. The number of halogens is 1. The zero-order valence-electron chi connectivity index (χ0n) is 12.9. The highest BCUT2D eigenvalue weighted by Crippen LogP contribution is 2.33. The summed E-state index contributed by atoms with van der Waals surface area (Å²) in [5, 5.41) is 19.0. The summed E-state index contributed by atoms with van der Waals surface area (Å²) in [6.07, 6.45) is 3.91. The van der Waals surface area contributed by atoms with Crippen LogP contribution in [0.2, 0.25) is 0 Å². The number of nitriles is 1. The first-order valence-electron chi connectivity index (χ1n) is 7.72. The van der Waals surface area contributed by atoms with Crippen LogP contribution < -0.4 is 5.56 Å². The molecule has 1 aromatic heterocycles. The maximum Gasteiger partial charge on any atom is 0.258 e. The molecule has 1 saturated carbocycles. The first-order chi connectivity index (χ1) is 11.6. The zero-order chi connectivity index (χ0) is 17.1. The van der Waals surface area contributed by atoms with Gasteiger partial charge in [-0.2, -0.15) is 10.2 Å². The molecule has 0 spiro atoms. The molecule has 24 heavy (non-hydrogen) atoms. The molecule has 0 saturated heterocycles. The van der Waals surface area contributed by atoms with Crippen molar-refractivity contribution in [3.05, 3.63) is 51.6 Å². The minimum Gasteiger partial charge on any atom is -0.493 e. The van der Waals surface area contributed by atoms with E-state index in [0.717, 1.165) is 31.7 Å². The first kappa shape index (κ1) is 16.5. The van der Waals surface area contributed by atoms with Gasteiger partial charge in [-0.05, 0) is 36.6 Å². The maximum atomic E-state index is 13.9. The minimum absolute atomic E-state index is 0.0726. The molecular formula is C17H16FN3O2S. The van der Waals surface area contributed by atoms with Gasteiger partial charge in [-0.3, -0.25) is 9.36 Å². The van der Waals surface area contributed by atoms with Crippen LogP contribution >= 0.6 is 11.8 Å². The number of benzene rings is 1. The second-order valence-corrected chi connectivity index (χ2v) is 6.69. The number of thioether (sulfide) groups is 1. The molecular weight excluding hydrogens is 329 g/mol. The third-order valence-electron chi connectivity index (χ3n) is 4.13. The van der Waals surface area contributed by atoms with Crippen LogP contribution in [0, 0.1) is 17.1 Å². The van der Waals surface area contributed by atoms with Crippen molar-refractivity contribution in [2.75, 3.05) is 0 Å². The molecule has 0 amide bonds. The topological polar surface area (TPSA) is 78.9 Å². The van der Waals surface area contributed by atoms with E-state index in [0.29, 0.717) is 16.3 Å². The third kappa shape index (κ3) is 3.44. The standard InChI is InChI=1S/C17H16FN3O2S/c18-14-6-5-11(9-19)7-12(14)10-24-17-20-15(22)8-16(23)21(17)13-3-1-2-4-13/h5-8,13,22H,1-4,10H2. The van der Waals surface area contributed by atoms with Crippen molar-refractivity contribution in [1.82, 2.24) is 9.55 Å². The molecule has 0 aliphatic heterocycles. The first-order valence-corrected chi connectivity index (χ1v) is 8.71. The van der Waals surface area contributed by atoms with Crippen LogP contribution in [0.25, 0.3) is 0 Å². The molecule has 7 heteroatoms. The lowest BCUT2D eigenvalue weighted by molar-refractivity contribution is 0.406. The Morgan fingerprint density at radius 2 is 2.12 bits per heavy atom. The average molecular weight is 345 g/mol. The second kappa shape index (κ2) is 7.05. The molecule has 1 heterocycles. The van der Waals surface area contributed by atoms with Crippen LogP contribution in [-0.2, 0) is 5.75 Å². The van der Waals surface area contributed by atoms with Crippen molar-refractivity contribution in [2.24, 2.45) is 0 Å². The third-order valence-corrected chi connectivity index (χ3v) is 5.13. The van der Waals surface area contributed by atoms with E-state index >= 15 is 0 Å². The summed E-state index contributed by atoms with van der Waals surface area (Å²) in [6, 6.07) is 7.33. The Bertz CT molecular complexity index is 854. The molecule has 2 aromatic rings. The Labute approximate surface area is 142 Å². The molecule has 1 aromatic carbocycles. The van der Waals surface area contributed by atoms with Crippen molar-refractivity contribution >= 4 is 11.8 Å². The van der Waals surface area contributed by atoms with E-state index in [4.69, 9.17) is 5.26 Å². The Morgan fingerprint density at radius 1 is 1.38 bits per heavy atom. The van der Waals surface area contributed by atoms with Crippen molar-refractivity contribution in [3.63, 3.8) is 0 Å². The quantitative estimate of drug-likeness (QED) is 0.679. The summed E-state index contributed by atoms with van der Waals surface area (Å²) in [6.45, 7) is 0. The van der Waals surface area contributed by atoms with E-state index in [9.17, 15) is 14.3 Å². The van der Waals surface area contributed by atoms with Gasteiger partial charge in [-0.15, -0.1) is 0 Å². The van der Waals surface area contributed by atoms with E-state index in [2.05, 4.69) is 4.98 Å². The summed E-state index contributed by atoms with van der Waals surface area (Å²) in [5.74, 6) is -0.510. The molecule has 0 unspecified atom stereocenters. The van der Waals surface area contributed by atoms with Gasteiger partial charge in [0.15, 0.2) is 5.16 Å². The monoisotopic (exact) mass is 345 g/mol. The highest BCUT2D eigenvalue weighted by molar-refractivity contribution is 7.98. The fourth-order valence-electron chi connectivity index (χ4n) is 2.96. The van der Waals surface area contributed by atoms with Crippen molar-refractivity contribution in [2.45, 2.75) is 42.6 Å². The Balaban J connectivity index is 1.90. The number of nitrogens with zero attached hydrogens (tertiary/aromatic N) is 3. The van der Waals surface area contributed by atoms with E-state index in [1.807, 2.05) is 6.07 Å². The van der Waals surface area contributed by atoms with Gasteiger partial charge in [0.1, 0.15) is 5.82 Å². The summed E-state index contributed by atoms with van der Waals surface area (Å²) in [5.41, 5.74) is 0.460. The number of hydrogen-bond acceptors (Lipinski definition) is 5. The van der Waals surface area contributed by atoms with Crippen LogP contribution in [0.3, 0.4) is 0 Å². The smallest absolute Gasteiger partial charge is 0.258 e. The summed E-state index contributed by atoms with van der Waals surface area (Å²) >= 11 is 1.19. The number of aromatic nitrogens is 2. The molecule has 1 aliphatic carbocycles. The largest absolute Gasteiger partial charge is 0.493 e. The maximum absolute atomic E-state index is 13.9. The molecule has 3 rings (SSSR count). The predicted molar refractivity (Wildman–Crippen MR) is 88.3 cm³/mol. The van der Waals surface area contributed by atoms with E-state index in [1.165, 1.54) is 30.0 Å². The highest BCUT2D eigenvalue weighted by Gasteiger charge is 2.22. The molecule has 0 radical (unpaired) electrons. The summed E-state index contributed by atoms with van der Waals surface area (Å²) in [7, 11) is 0. The fourth-order valence-corrected chi connectivity index (χ4v) is 4.00.